The predicted molar refractivity (Wildman–Crippen MR) is 78.8 cm³/mol. The Morgan fingerprint density at radius 1 is 1.32 bits per heavy atom. The number of fused-ring (bicyclic) bond motifs is 1. The molecule has 100 valence electrons. The first-order chi connectivity index (χ1) is 8.88. The van der Waals surface area contributed by atoms with Gasteiger partial charge in [-0.15, -0.1) is 11.8 Å². The van der Waals surface area contributed by atoms with Crippen LogP contribution in [0.2, 0.25) is 0 Å². The lowest BCUT2D eigenvalue weighted by Gasteiger charge is -2.19. The van der Waals surface area contributed by atoms with Gasteiger partial charge in [-0.3, -0.25) is 9.78 Å². The second kappa shape index (κ2) is 5.21. The van der Waals surface area contributed by atoms with E-state index in [1.165, 1.54) is 17.3 Å². The number of nitrogens with zero attached hydrogens (tertiary/aromatic N) is 1. The third kappa shape index (κ3) is 3.26. The molecule has 0 aliphatic heterocycles. The van der Waals surface area contributed by atoms with Gasteiger partial charge in [0.1, 0.15) is 0 Å². The van der Waals surface area contributed by atoms with Crippen molar-refractivity contribution < 1.29 is 9.90 Å². The van der Waals surface area contributed by atoms with E-state index in [4.69, 9.17) is 5.11 Å². The first kappa shape index (κ1) is 13.9. The molecule has 0 saturated carbocycles. The highest BCUT2D eigenvalue weighted by atomic mass is 32.2. The van der Waals surface area contributed by atoms with Crippen molar-refractivity contribution in [2.24, 2.45) is 0 Å². The van der Waals surface area contributed by atoms with Gasteiger partial charge in [-0.2, -0.15) is 0 Å². The van der Waals surface area contributed by atoms with Crippen LogP contribution in [0.3, 0.4) is 0 Å². The van der Waals surface area contributed by atoms with Gasteiger partial charge in [0.2, 0.25) is 0 Å². The molecule has 0 bridgehead atoms. The van der Waals surface area contributed by atoms with Gasteiger partial charge in [-0.1, -0.05) is 26.8 Å². The Morgan fingerprint density at radius 3 is 2.68 bits per heavy atom. The number of pyridine rings is 1. The number of carbonyl (C=O) groups is 1. The van der Waals surface area contributed by atoms with Crippen molar-refractivity contribution in [3.8, 4) is 0 Å². The maximum atomic E-state index is 10.7. The molecular weight excluding hydrogens is 258 g/mol. The summed E-state index contributed by atoms with van der Waals surface area (Å²) in [5, 5.41) is 9.82. The van der Waals surface area contributed by atoms with E-state index in [0.29, 0.717) is 0 Å². The summed E-state index contributed by atoms with van der Waals surface area (Å²) in [4.78, 5) is 16.0. The third-order valence-electron chi connectivity index (χ3n) is 2.92. The van der Waals surface area contributed by atoms with Crippen molar-refractivity contribution in [2.75, 3.05) is 5.75 Å². The molecule has 3 nitrogen and oxygen atoms in total. The zero-order chi connectivity index (χ0) is 14.0. The molecule has 2 aromatic rings. The van der Waals surface area contributed by atoms with Gasteiger partial charge in [0, 0.05) is 16.5 Å². The molecule has 0 atom stereocenters. The van der Waals surface area contributed by atoms with Crippen LogP contribution in [-0.4, -0.2) is 21.8 Å². The Balaban J connectivity index is 2.49. The van der Waals surface area contributed by atoms with Crippen molar-refractivity contribution in [2.45, 2.75) is 31.1 Å². The molecule has 1 heterocycles. The normalized spacial score (nSPS) is 11.7. The maximum Gasteiger partial charge on any atom is 0.313 e. The maximum absolute atomic E-state index is 10.7. The fourth-order valence-electron chi connectivity index (χ4n) is 1.85. The minimum absolute atomic E-state index is 0.0682. The molecule has 0 aliphatic rings. The lowest BCUT2D eigenvalue weighted by molar-refractivity contribution is -0.133. The van der Waals surface area contributed by atoms with Crippen LogP contribution in [0.5, 0.6) is 0 Å². The zero-order valence-corrected chi connectivity index (χ0v) is 12.1. The highest BCUT2D eigenvalue weighted by Gasteiger charge is 2.15. The molecule has 0 amide bonds. The number of aliphatic carboxylic acids is 1. The van der Waals surface area contributed by atoms with E-state index in [2.05, 4.69) is 37.9 Å². The monoisotopic (exact) mass is 275 g/mol. The SMILES string of the molecule is CC(C)(C)c1ccc2nccc(SCC(=O)O)c2c1. The van der Waals surface area contributed by atoms with E-state index in [-0.39, 0.29) is 11.2 Å². The molecule has 0 radical (unpaired) electrons. The van der Waals surface area contributed by atoms with Gasteiger partial charge in [0.15, 0.2) is 0 Å². The minimum atomic E-state index is -0.804. The van der Waals surface area contributed by atoms with Crippen LogP contribution in [0, 0.1) is 0 Å². The van der Waals surface area contributed by atoms with E-state index in [1.54, 1.807) is 6.20 Å². The van der Waals surface area contributed by atoms with Crippen LogP contribution in [0.15, 0.2) is 35.4 Å². The summed E-state index contributed by atoms with van der Waals surface area (Å²) >= 11 is 1.34. The topological polar surface area (TPSA) is 50.2 Å². The number of carboxylic acids is 1. The summed E-state index contributed by atoms with van der Waals surface area (Å²) in [6, 6.07) is 8.08. The summed E-state index contributed by atoms with van der Waals surface area (Å²) in [7, 11) is 0. The second-order valence-electron chi connectivity index (χ2n) is 5.47. The highest BCUT2D eigenvalue weighted by molar-refractivity contribution is 8.00. The number of aromatic nitrogens is 1. The highest BCUT2D eigenvalue weighted by Crippen LogP contribution is 2.31. The first-order valence-electron chi connectivity index (χ1n) is 6.12. The fourth-order valence-corrected chi connectivity index (χ4v) is 2.61. The largest absolute Gasteiger partial charge is 0.481 e. The Hall–Kier alpha value is -1.55. The van der Waals surface area contributed by atoms with E-state index >= 15 is 0 Å². The molecule has 1 aromatic carbocycles. The van der Waals surface area contributed by atoms with Crippen LogP contribution in [0.4, 0.5) is 0 Å². The van der Waals surface area contributed by atoms with Crippen LogP contribution in [-0.2, 0) is 10.2 Å². The third-order valence-corrected chi connectivity index (χ3v) is 3.98. The Morgan fingerprint density at radius 2 is 2.05 bits per heavy atom. The smallest absolute Gasteiger partial charge is 0.313 e. The van der Waals surface area contributed by atoms with E-state index < -0.39 is 5.97 Å². The quantitative estimate of drug-likeness (QED) is 0.868. The molecule has 1 aromatic heterocycles. The number of hydrogen-bond donors (Lipinski definition) is 1. The molecule has 1 N–H and O–H groups in total. The average Bonchev–Trinajstić information content (AvgIpc) is 2.34. The molecular formula is C15H17NO2S. The minimum Gasteiger partial charge on any atom is -0.481 e. The summed E-state index contributed by atoms with van der Waals surface area (Å²) < 4.78 is 0. The van der Waals surface area contributed by atoms with Crippen LogP contribution < -0.4 is 0 Å². The number of thioether (sulfide) groups is 1. The van der Waals surface area contributed by atoms with Crippen LogP contribution in [0.25, 0.3) is 10.9 Å². The van der Waals surface area contributed by atoms with Crippen molar-refractivity contribution in [1.29, 1.82) is 0 Å². The van der Waals surface area contributed by atoms with E-state index in [9.17, 15) is 4.79 Å². The predicted octanol–water partition coefficient (Wildman–Crippen LogP) is 3.71. The van der Waals surface area contributed by atoms with Gasteiger partial charge < -0.3 is 5.11 Å². The molecule has 4 heteroatoms. The lowest BCUT2D eigenvalue weighted by Crippen LogP contribution is -2.10. The van der Waals surface area contributed by atoms with Gasteiger partial charge >= 0.3 is 5.97 Å². The van der Waals surface area contributed by atoms with Crippen LogP contribution in [0.1, 0.15) is 26.3 Å². The van der Waals surface area contributed by atoms with Gasteiger partial charge in [0.25, 0.3) is 0 Å². The lowest BCUT2D eigenvalue weighted by atomic mass is 9.86. The molecule has 0 saturated heterocycles. The number of carboxylic acid groups (broad SMARTS) is 1. The van der Waals surface area contributed by atoms with E-state index in [0.717, 1.165) is 15.8 Å². The number of hydrogen-bond acceptors (Lipinski definition) is 3. The molecule has 2 rings (SSSR count). The summed E-state index contributed by atoms with van der Waals surface area (Å²) in [5.74, 6) is -0.735. The molecule has 0 spiro atoms. The average molecular weight is 275 g/mol. The summed E-state index contributed by atoms with van der Waals surface area (Å²) in [6.45, 7) is 6.48. The first-order valence-corrected chi connectivity index (χ1v) is 7.10. The van der Waals surface area contributed by atoms with E-state index in [1.807, 2.05) is 12.1 Å². The van der Waals surface area contributed by atoms with Crippen molar-refractivity contribution in [1.82, 2.24) is 4.98 Å². The van der Waals surface area contributed by atoms with Crippen molar-refractivity contribution in [3.63, 3.8) is 0 Å². The standard InChI is InChI=1S/C15H17NO2S/c1-15(2,3)10-4-5-12-11(8-10)13(6-7-16-12)19-9-14(17)18/h4-8H,9H2,1-3H3,(H,17,18). The molecule has 0 fully saturated rings. The Bertz CT molecular complexity index is 617. The zero-order valence-electron chi connectivity index (χ0n) is 11.3. The number of benzene rings is 1. The van der Waals surface area contributed by atoms with Gasteiger partial charge in [-0.05, 0) is 29.2 Å². The van der Waals surface area contributed by atoms with Crippen molar-refractivity contribution in [3.05, 3.63) is 36.0 Å². The van der Waals surface area contributed by atoms with Gasteiger partial charge in [-0.25, -0.2) is 0 Å². The molecule has 19 heavy (non-hydrogen) atoms. The Labute approximate surface area is 117 Å². The summed E-state index contributed by atoms with van der Waals surface area (Å²) in [6.07, 6.45) is 1.73. The van der Waals surface area contributed by atoms with Gasteiger partial charge in [0.05, 0.1) is 11.3 Å². The van der Waals surface area contributed by atoms with Crippen molar-refractivity contribution >= 4 is 28.6 Å². The molecule has 0 unspecified atom stereocenters. The summed E-state index contributed by atoms with van der Waals surface area (Å²) in [5.41, 5.74) is 2.20. The van der Waals surface area contributed by atoms with Crippen LogP contribution >= 0.6 is 11.8 Å². The Kier molecular flexibility index (Phi) is 3.80. The second-order valence-corrected chi connectivity index (χ2v) is 6.49. The fraction of sp³-hybridized carbons (Fsp3) is 0.333. The molecule has 0 aliphatic carbocycles. The number of rotatable bonds is 3.